The summed E-state index contributed by atoms with van der Waals surface area (Å²) in [5, 5.41) is 14.5. The highest BCUT2D eigenvalue weighted by Crippen LogP contribution is 2.24. The highest BCUT2D eigenvalue weighted by molar-refractivity contribution is 7.99. The molecule has 2 aromatic rings. The lowest BCUT2D eigenvalue weighted by Crippen LogP contribution is -2.54. The third-order valence-corrected chi connectivity index (χ3v) is 6.57. The highest BCUT2D eigenvalue weighted by Gasteiger charge is 2.30. The van der Waals surface area contributed by atoms with Crippen molar-refractivity contribution < 1.29 is 33.8 Å². The monoisotopic (exact) mass is 556 g/mol. The summed E-state index contributed by atoms with van der Waals surface area (Å²) in [4.78, 5) is 50.1. The van der Waals surface area contributed by atoms with Gasteiger partial charge in [0.05, 0.1) is 38.9 Å². The van der Waals surface area contributed by atoms with Crippen molar-refractivity contribution >= 4 is 35.3 Å². The molecule has 39 heavy (non-hydrogen) atoms. The van der Waals surface area contributed by atoms with Crippen LogP contribution in [0.5, 0.6) is 11.5 Å². The number of carbonyl (C=O) groups is 4. The summed E-state index contributed by atoms with van der Waals surface area (Å²) < 4.78 is 10.5. The van der Waals surface area contributed by atoms with Crippen molar-refractivity contribution in [1.29, 1.82) is 0 Å². The van der Waals surface area contributed by atoms with E-state index in [0.717, 1.165) is 5.56 Å². The van der Waals surface area contributed by atoms with Crippen LogP contribution in [0.25, 0.3) is 0 Å². The Hall–Kier alpha value is -3.97. The maximum Gasteiger partial charge on any atom is 0.305 e. The number of carbonyl (C=O) groups excluding carboxylic acids is 3. The minimum atomic E-state index is -1.21. The molecule has 0 bridgehead atoms. The molecule has 0 aromatic heterocycles. The topological polar surface area (TPSA) is 131 Å². The fourth-order valence-electron chi connectivity index (χ4n) is 3.58. The number of rotatable bonds is 15. The van der Waals surface area contributed by atoms with Gasteiger partial charge in [-0.3, -0.25) is 19.2 Å². The van der Waals surface area contributed by atoms with E-state index < -0.39 is 42.1 Å². The Balaban J connectivity index is 0.00000371. The maximum absolute atomic E-state index is 13.1. The zero-order valence-electron chi connectivity index (χ0n) is 22.6. The molecule has 0 aliphatic heterocycles. The van der Waals surface area contributed by atoms with Gasteiger partial charge in [-0.05, 0) is 29.7 Å². The van der Waals surface area contributed by atoms with E-state index >= 15 is 0 Å². The Morgan fingerprint density at radius 2 is 1.64 bits per heavy atom. The number of amides is 2. The Labute approximate surface area is 234 Å². The SMILES string of the molecule is C#C.COc1ccc(OC)c(CC(=O)NC(C(=O)N[C@@H](CC(=O)O)C(=O)CSCc2ccccc2)C(C)C)c1. The van der Waals surface area contributed by atoms with E-state index in [9.17, 15) is 24.3 Å². The predicted molar refractivity (Wildman–Crippen MR) is 152 cm³/mol. The van der Waals surface area contributed by atoms with Crippen LogP contribution in [0.2, 0.25) is 0 Å². The van der Waals surface area contributed by atoms with Crippen LogP contribution in [-0.2, 0) is 31.4 Å². The number of terminal acetylenes is 1. The second kappa shape index (κ2) is 17.5. The third kappa shape index (κ3) is 11.5. The van der Waals surface area contributed by atoms with Gasteiger partial charge in [0, 0.05) is 11.3 Å². The maximum atomic E-state index is 13.1. The molecule has 0 aliphatic carbocycles. The number of carboxylic acids is 1. The van der Waals surface area contributed by atoms with Gasteiger partial charge in [0.2, 0.25) is 11.8 Å². The van der Waals surface area contributed by atoms with E-state index in [4.69, 9.17) is 9.47 Å². The van der Waals surface area contributed by atoms with Crippen LogP contribution in [0.15, 0.2) is 48.5 Å². The van der Waals surface area contributed by atoms with Crippen molar-refractivity contribution in [3.63, 3.8) is 0 Å². The summed E-state index contributed by atoms with van der Waals surface area (Å²) in [6.45, 7) is 3.50. The fraction of sp³-hybridized carbons (Fsp3) is 0.379. The quantitative estimate of drug-likeness (QED) is 0.285. The number of carboxylic acid groups (broad SMARTS) is 1. The first-order chi connectivity index (χ1) is 18.6. The lowest BCUT2D eigenvalue weighted by atomic mass is 10.0. The van der Waals surface area contributed by atoms with Gasteiger partial charge in [-0.15, -0.1) is 24.6 Å². The zero-order chi connectivity index (χ0) is 29.4. The minimum Gasteiger partial charge on any atom is -0.497 e. The predicted octanol–water partition coefficient (Wildman–Crippen LogP) is 3.10. The number of benzene rings is 2. The smallest absolute Gasteiger partial charge is 0.305 e. The summed E-state index contributed by atoms with van der Waals surface area (Å²) in [5.74, 6) is -1.28. The van der Waals surface area contributed by atoms with Crippen molar-refractivity contribution in [2.45, 2.75) is 44.5 Å². The van der Waals surface area contributed by atoms with E-state index in [-0.39, 0.29) is 18.1 Å². The van der Waals surface area contributed by atoms with Crippen molar-refractivity contribution in [2.75, 3.05) is 20.0 Å². The summed E-state index contributed by atoms with van der Waals surface area (Å²) in [7, 11) is 3.01. The number of hydrogen-bond acceptors (Lipinski definition) is 7. The number of Topliss-reactive ketones (excluding diaryl/α,β-unsaturated/α-hetero) is 1. The standard InChI is InChI=1S/C27H34N2O7S.C2H2/c1-17(2)26(29-24(31)13-19-12-20(35-3)10-11-23(19)36-4)27(34)28-21(14-25(32)33)22(30)16-37-15-18-8-6-5-7-9-18;1-2/h5-12,17,21,26H,13-16H2,1-4H3,(H,28,34)(H,29,31)(H,32,33);1-2H/t21-,26?;/m0./s1. The highest BCUT2D eigenvalue weighted by atomic mass is 32.2. The van der Waals surface area contributed by atoms with Crippen LogP contribution < -0.4 is 20.1 Å². The van der Waals surface area contributed by atoms with Crippen LogP contribution in [0.1, 0.15) is 31.4 Å². The van der Waals surface area contributed by atoms with Crippen molar-refractivity contribution in [2.24, 2.45) is 5.92 Å². The number of ether oxygens (including phenoxy) is 2. The molecule has 1 unspecified atom stereocenters. The van der Waals surface area contributed by atoms with Gasteiger partial charge >= 0.3 is 5.97 Å². The van der Waals surface area contributed by atoms with Gasteiger partial charge in [-0.1, -0.05) is 44.2 Å². The summed E-state index contributed by atoms with van der Waals surface area (Å²) in [6.07, 6.45) is 7.39. The molecule has 0 spiro atoms. The molecule has 2 atom stereocenters. The van der Waals surface area contributed by atoms with E-state index in [2.05, 4.69) is 23.5 Å². The molecule has 2 aromatic carbocycles. The molecule has 3 N–H and O–H groups in total. The molecule has 0 fully saturated rings. The Morgan fingerprint density at radius 3 is 2.21 bits per heavy atom. The molecular formula is C29H36N2O7S. The second-order valence-corrected chi connectivity index (χ2v) is 9.73. The minimum absolute atomic E-state index is 0.0431. The lowest BCUT2D eigenvalue weighted by molar-refractivity contribution is -0.140. The van der Waals surface area contributed by atoms with Crippen LogP contribution in [0.4, 0.5) is 0 Å². The first kappa shape index (κ1) is 33.1. The van der Waals surface area contributed by atoms with Crippen LogP contribution in [0.3, 0.4) is 0 Å². The largest absolute Gasteiger partial charge is 0.497 e. The van der Waals surface area contributed by atoms with Crippen LogP contribution in [0, 0.1) is 18.8 Å². The molecule has 9 nitrogen and oxygen atoms in total. The molecule has 10 heteroatoms. The average molecular weight is 557 g/mol. The second-order valence-electron chi connectivity index (χ2n) is 8.75. The molecule has 0 heterocycles. The molecule has 0 radical (unpaired) electrons. The molecule has 0 saturated heterocycles. The normalized spacial score (nSPS) is 11.8. The number of thioether (sulfide) groups is 1. The first-order valence-electron chi connectivity index (χ1n) is 12.1. The van der Waals surface area contributed by atoms with Gasteiger partial charge in [-0.25, -0.2) is 0 Å². The van der Waals surface area contributed by atoms with E-state index in [1.54, 1.807) is 32.0 Å². The summed E-state index contributed by atoms with van der Waals surface area (Å²) in [6, 6.07) is 12.5. The van der Waals surface area contributed by atoms with E-state index in [1.807, 2.05) is 30.3 Å². The Kier molecular flexibility index (Phi) is 14.9. The fourth-order valence-corrected chi connectivity index (χ4v) is 4.51. The number of hydrogen-bond donors (Lipinski definition) is 3. The van der Waals surface area contributed by atoms with Crippen molar-refractivity contribution in [3.8, 4) is 24.3 Å². The Morgan fingerprint density at radius 1 is 0.974 bits per heavy atom. The molecule has 2 rings (SSSR count). The molecule has 0 saturated carbocycles. The van der Waals surface area contributed by atoms with Gasteiger partial charge in [0.15, 0.2) is 5.78 Å². The Bertz CT molecular complexity index is 1120. The van der Waals surface area contributed by atoms with Gasteiger partial charge in [0.1, 0.15) is 17.5 Å². The average Bonchev–Trinajstić information content (AvgIpc) is 2.92. The zero-order valence-corrected chi connectivity index (χ0v) is 23.5. The van der Waals surface area contributed by atoms with Crippen LogP contribution in [-0.4, -0.2) is 60.7 Å². The van der Waals surface area contributed by atoms with Crippen molar-refractivity contribution in [3.05, 3.63) is 59.7 Å². The third-order valence-electron chi connectivity index (χ3n) is 5.54. The van der Waals surface area contributed by atoms with Crippen molar-refractivity contribution in [1.82, 2.24) is 10.6 Å². The number of nitrogens with one attached hydrogen (secondary N) is 2. The lowest BCUT2D eigenvalue weighted by Gasteiger charge is -2.25. The van der Waals surface area contributed by atoms with E-state index in [1.165, 1.54) is 26.0 Å². The van der Waals surface area contributed by atoms with Gasteiger partial charge < -0.3 is 25.2 Å². The number of aliphatic carboxylic acids is 1. The number of ketones is 1. The number of methoxy groups -OCH3 is 2. The molecule has 0 aliphatic rings. The first-order valence-corrected chi connectivity index (χ1v) is 13.3. The summed E-state index contributed by atoms with van der Waals surface area (Å²) in [5.41, 5.74) is 1.62. The molecule has 2 amide bonds. The molecule has 210 valence electrons. The molecular weight excluding hydrogens is 520 g/mol. The summed E-state index contributed by atoms with van der Waals surface area (Å²) >= 11 is 1.34. The van der Waals surface area contributed by atoms with Crippen LogP contribution >= 0.6 is 11.8 Å². The van der Waals surface area contributed by atoms with Gasteiger partial charge in [-0.2, -0.15) is 0 Å². The van der Waals surface area contributed by atoms with Gasteiger partial charge in [0.25, 0.3) is 0 Å². The van der Waals surface area contributed by atoms with E-state index in [0.29, 0.717) is 22.8 Å².